The predicted molar refractivity (Wildman–Crippen MR) is 163 cm³/mol. The van der Waals surface area contributed by atoms with Crippen LogP contribution in [0.15, 0.2) is 47.6 Å². The number of pyridine rings is 2. The molecule has 15 heteroatoms. The molecule has 5 heterocycles. The van der Waals surface area contributed by atoms with Crippen LogP contribution in [0.2, 0.25) is 0 Å². The second-order valence-electron chi connectivity index (χ2n) is 12.9. The maximum atomic E-state index is 14.2. The first kappa shape index (κ1) is 32.8. The Hall–Kier alpha value is -4.08. The molecule has 47 heavy (non-hydrogen) atoms. The summed E-state index contributed by atoms with van der Waals surface area (Å²) in [6.45, 7) is 8.77. The van der Waals surface area contributed by atoms with Crippen LogP contribution in [-0.4, -0.2) is 68.7 Å². The molecular weight excluding hydrogens is 639 g/mol. The molecule has 1 fully saturated rings. The van der Waals surface area contributed by atoms with Gasteiger partial charge in [0.1, 0.15) is 10.5 Å². The lowest BCUT2D eigenvalue weighted by Crippen LogP contribution is -2.47. The number of aliphatic carboxylic acids is 1. The van der Waals surface area contributed by atoms with Crippen LogP contribution in [0.1, 0.15) is 65.4 Å². The largest absolute Gasteiger partial charge is 0.481 e. The van der Waals surface area contributed by atoms with Gasteiger partial charge in [-0.2, -0.15) is 17.5 Å². The molecule has 3 aromatic heterocycles. The molecule has 0 unspecified atom stereocenters. The molecular formula is C32H34F3N5O6S. The monoisotopic (exact) mass is 673 g/mol. The number of carboxylic acid groups (broad SMARTS) is 1. The van der Waals surface area contributed by atoms with Gasteiger partial charge >= 0.3 is 12.1 Å². The molecule has 0 bridgehead atoms. The molecule has 2 aliphatic rings. The Labute approximate surface area is 269 Å². The number of hydrogen-bond acceptors (Lipinski definition) is 8. The van der Waals surface area contributed by atoms with E-state index in [0.717, 1.165) is 9.96 Å². The Morgan fingerprint density at radius 3 is 2.53 bits per heavy atom. The van der Waals surface area contributed by atoms with Crippen molar-refractivity contribution in [3.05, 3.63) is 81.9 Å². The highest BCUT2D eigenvalue weighted by Gasteiger charge is 2.47. The third-order valence-corrected chi connectivity index (χ3v) is 11.0. The Bertz CT molecular complexity index is 2000. The normalized spacial score (nSPS) is 20.6. The molecule has 0 aliphatic carbocycles. The first-order valence-corrected chi connectivity index (χ1v) is 16.4. The van der Waals surface area contributed by atoms with Crippen LogP contribution in [0.25, 0.3) is 5.65 Å². The molecule has 2 aliphatic heterocycles. The smallest absolute Gasteiger partial charge is 0.452 e. The number of rotatable bonds is 6. The fourth-order valence-electron chi connectivity index (χ4n) is 6.45. The van der Waals surface area contributed by atoms with E-state index in [1.807, 2.05) is 6.92 Å². The SMILES string of the molecule is Cc1cnc2c(c1)S(=O)(=O)N(Cc1cc([C@@H](c3ccn4c(C(F)(F)F)nnc4c3C)C(C)(C)C(=O)O)ccc1C)C[C@@]1(CCOC1)O2. The molecule has 2 atom stereocenters. The number of alkyl halides is 3. The topological polar surface area (TPSA) is 136 Å². The van der Waals surface area contributed by atoms with Crippen LogP contribution in [0.4, 0.5) is 13.2 Å². The minimum absolute atomic E-state index is 0.00263. The van der Waals surface area contributed by atoms with Gasteiger partial charge in [0, 0.05) is 31.3 Å². The summed E-state index contributed by atoms with van der Waals surface area (Å²) >= 11 is 0. The summed E-state index contributed by atoms with van der Waals surface area (Å²) in [5.74, 6) is -3.16. The lowest BCUT2D eigenvalue weighted by molar-refractivity contribution is -0.147. The van der Waals surface area contributed by atoms with E-state index in [-0.39, 0.29) is 36.1 Å². The fraction of sp³-hybridized carbons (Fsp3) is 0.438. The quantitative estimate of drug-likeness (QED) is 0.298. The van der Waals surface area contributed by atoms with Gasteiger partial charge in [0.05, 0.1) is 25.2 Å². The number of benzene rings is 1. The highest BCUT2D eigenvalue weighted by molar-refractivity contribution is 7.89. The zero-order valence-electron chi connectivity index (χ0n) is 26.4. The number of sulfonamides is 1. The Kier molecular flexibility index (Phi) is 7.88. The van der Waals surface area contributed by atoms with Gasteiger partial charge in [-0.15, -0.1) is 10.2 Å². The van der Waals surface area contributed by atoms with E-state index >= 15 is 0 Å². The molecule has 0 radical (unpaired) electrons. The molecule has 1 spiro atoms. The van der Waals surface area contributed by atoms with Gasteiger partial charge in [-0.3, -0.25) is 9.20 Å². The third kappa shape index (κ3) is 5.63. The number of nitrogens with zero attached hydrogens (tertiary/aromatic N) is 5. The number of halogens is 3. The predicted octanol–water partition coefficient (Wildman–Crippen LogP) is 5.05. The van der Waals surface area contributed by atoms with E-state index in [1.54, 1.807) is 52.1 Å². The van der Waals surface area contributed by atoms with E-state index < -0.39 is 44.9 Å². The van der Waals surface area contributed by atoms with Crippen molar-refractivity contribution in [1.82, 2.24) is 23.9 Å². The van der Waals surface area contributed by atoms with Crippen LogP contribution in [-0.2, 0) is 32.3 Å². The number of carbonyl (C=O) groups is 1. The Morgan fingerprint density at radius 2 is 1.87 bits per heavy atom. The first-order valence-electron chi connectivity index (χ1n) is 14.9. The number of ether oxygens (including phenoxy) is 2. The highest BCUT2D eigenvalue weighted by atomic mass is 32.2. The van der Waals surface area contributed by atoms with Crippen molar-refractivity contribution in [3.63, 3.8) is 0 Å². The molecule has 250 valence electrons. The van der Waals surface area contributed by atoms with E-state index in [4.69, 9.17) is 9.47 Å². The van der Waals surface area contributed by atoms with E-state index in [1.165, 1.54) is 22.6 Å². The third-order valence-electron chi connectivity index (χ3n) is 9.18. The fourth-order valence-corrected chi connectivity index (χ4v) is 8.09. The maximum Gasteiger partial charge on any atom is 0.452 e. The van der Waals surface area contributed by atoms with Crippen molar-refractivity contribution in [2.45, 2.75) is 70.2 Å². The summed E-state index contributed by atoms with van der Waals surface area (Å²) in [6.07, 6.45) is -1.53. The minimum Gasteiger partial charge on any atom is -0.481 e. The molecule has 11 nitrogen and oxygen atoms in total. The number of aromatic nitrogens is 4. The second-order valence-corrected chi connectivity index (χ2v) is 14.8. The Balaban J connectivity index is 1.47. The highest BCUT2D eigenvalue weighted by Crippen LogP contribution is 2.44. The molecule has 6 rings (SSSR count). The van der Waals surface area contributed by atoms with Crippen LogP contribution in [0.3, 0.4) is 0 Å². The average Bonchev–Trinajstić information content (AvgIpc) is 3.62. The van der Waals surface area contributed by atoms with E-state index in [9.17, 15) is 31.5 Å². The van der Waals surface area contributed by atoms with Crippen molar-refractivity contribution in [2.24, 2.45) is 5.41 Å². The van der Waals surface area contributed by atoms with Crippen molar-refractivity contribution in [1.29, 1.82) is 0 Å². The summed E-state index contributed by atoms with van der Waals surface area (Å²) in [5.41, 5.74) is 0.931. The number of carboxylic acids is 1. The Morgan fingerprint density at radius 1 is 1.13 bits per heavy atom. The van der Waals surface area contributed by atoms with Crippen molar-refractivity contribution in [3.8, 4) is 5.88 Å². The zero-order chi connectivity index (χ0) is 34.1. The molecule has 4 aromatic rings. The summed E-state index contributed by atoms with van der Waals surface area (Å²) in [7, 11) is -4.10. The van der Waals surface area contributed by atoms with Crippen molar-refractivity contribution < 1.29 is 41.0 Å². The van der Waals surface area contributed by atoms with E-state index in [0.29, 0.717) is 40.8 Å². The van der Waals surface area contributed by atoms with Crippen LogP contribution >= 0.6 is 0 Å². The van der Waals surface area contributed by atoms with Gasteiger partial charge in [0.2, 0.25) is 21.7 Å². The summed E-state index contributed by atoms with van der Waals surface area (Å²) < 4.78 is 83.2. The molecule has 0 amide bonds. The minimum atomic E-state index is -4.74. The van der Waals surface area contributed by atoms with Crippen LogP contribution in [0.5, 0.6) is 5.88 Å². The maximum absolute atomic E-state index is 14.2. The van der Waals surface area contributed by atoms with Gasteiger partial charge < -0.3 is 14.6 Å². The van der Waals surface area contributed by atoms with Crippen LogP contribution in [0, 0.1) is 26.2 Å². The summed E-state index contributed by atoms with van der Waals surface area (Å²) in [4.78, 5) is 17.0. The zero-order valence-corrected chi connectivity index (χ0v) is 27.2. The molecule has 1 N–H and O–H groups in total. The lowest BCUT2D eigenvalue weighted by Gasteiger charge is -2.33. The summed E-state index contributed by atoms with van der Waals surface area (Å²) in [5, 5.41) is 17.5. The molecule has 0 saturated carbocycles. The van der Waals surface area contributed by atoms with Gasteiger partial charge in [0.25, 0.3) is 0 Å². The number of aryl methyl sites for hydroxylation is 3. The number of fused-ring (bicyclic) bond motifs is 2. The molecule has 1 aromatic carbocycles. The van der Waals surface area contributed by atoms with Crippen molar-refractivity contribution in [2.75, 3.05) is 19.8 Å². The van der Waals surface area contributed by atoms with Gasteiger partial charge in [-0.05, 0) is 80.1 Å². The molecule has 1 saturated heterocycles. The van der Waals surface area contributed by atoms with E-state index in [2.05, 4.69) is 15.2 Å². The standard InChI is InChI=1S/C32H34F3N5O6S/c1-18-12-24-27(36-14-18)46-31(9-11-45-17-31)16-39(47(24,43)44)15-22-13-21(7-6-19(22)2)25(30(4,5)29(41)42)23-8-10-40-26(20(23)3)37-38-28(40)32(33,34)35/h6-8,10,12-14,25H,9,11,15-17H2,1-5H3,(H,41,42)/t25-,31+/m0/s1. The van der Waals surface area contributed by atoms with Gasteiger partial charge in [0.15, 0.2) is 5.65 Å². The first-order chi connectivity index (χ1) is 21.9. The van der Waals surface area contributed by atoms with Gasteiger partial charge in [-0.25, -0.2) is 13.4 Å². The van der Waals surface area contributed by atoms with Gasteiger partial charge in [-0.1, -0.05) is 18.2 Å². The van der Waals surface area contributed by atoms with Crippen molar-refractivity contribution >= 4 is 21.6 Å². The summed E-state index contributed by atoms with van der Waals surface area (Å²) in [6, 6.07) is 8.31. The number of hydrogen-bond donors (Lipinski definition) is 1. The van der Waals surface area contributed by atoms with Crippen LogP contribution < -0.4 is 4.74 Å². The average molecular weight is 674 g/mol. The lowest BCUT2D eigenvalue weighted by atomic mass is 9.70. The second kappa shape index (κ2) is 11.3.